The molecule has 0 amide bonds. The molecule has 0 spiro atoms. The third-order valence-electron chi connectivity index (χ3n) is 1.82. The Balaban J connectivity index is 2.78. The fourth-order valence-corrected chi connectivity index (χ4v) is 1.37. The molecule has 0 fully saturated rings. The van der Waals surface area contributed by atoms with Crippen LogP contribution in [0.15, 0.2) is 36.4 Å². The van der Waals surface area contributed by atoms with E-state index in [1.807, 2.05) is 12.1 Å². The highest BCUT2D eigenvalue weighted by Gasteiger charge is 1.97. The van der Waals surface area contributed by atoms with Crippen molar-refractivity contribution in [2.75, 3.05) is 7.11 Å². The second-order valence-electron chi connectivity index (χ2n) is 2.91. The standard InChI is InChI=1S/C12H10Cl2O2/c1-16-10-7-6-9(11(13)8-10)4-2-3-5-12(14)15/h2-8H,1H3/b4-2+,5-3+. The van der Waals surface area contributed by atoms with Gasteiger partial charge in [-0.1, -0.05) is 29.8 Å². The van der Waals surface area contributed by atoms with Crippen molar-refractivity contribution in [2.24, 2.45) is 0 Å². The number of hydrogen-bond acceptors (Lipinski definition) is 2. The molecule has 1 aromatic carbocycles. The van der Waals surface area contributed by atoms with Gasteiger partial charge in [-0.2, -0.15) is 0 Å². The van der Waals surface area contributed by atoms with Crippen LogP contribution >= 0.6 is 23.2 Å². The fourth-order valence-electron chi connectivity index (χ4n) is 1.06. The zero-order valence-corrected chi connectivity index (χ0v) is 10.1. The van der Waals surface area contributed by atoms with Gasteiger partial charge in [0.05, 0.1) is 12.1 Å². The number of halogens is 2. The van der Waals surface area contributed by atoms with Gasteiger partial charge in [0.1, 0.15) is 5.75 Å². The molecule has 0 aliphatic carbocycles. The first-order valence-electron chi connectivity index (χ1n) is 4.51. The normalized spacial score (nSPS) is 11.2. The van der Waals surface area contributed by atoms with Gasteiger partial charge < -0.3 is 4.74 Å². The van der Waals surface area contributed by atoms with Crippen LogP contribution in [-0.2, 0) is 4.79 Å². The van der Waals surface area contributed by atoms with Crippen molar-refractivity contribution in [3.05, 3.63) is 47.0 Å². The molecule has 0 atom stereocenters. The van der Waals surface area contributed by atoms with Crippen LogP contribution in [0.3, 0.4) is 0 Å². The smallest absolute Gasteiger partial charge is 0.245 e. The van der Waals surface area contributed by atoms with E-state index in [0.717, 1.165) is 5.56 Å². The van der Waals surface area contributed by atoms with Gasteiger partial charge in [0.15, 0.2) is 0 Å². The van der Waals surface area contributed by atoms with Crippen LogP contribution in [0.5, 0.6) is 5.75 Å². The number of methoxy groups -OCH3 is 1. The number of hydrogen-bond donors (Lipinski definition) is 0. The van der Waals surface area contributed by atoms with Crippen LogP contribution in [0.2, 0.25) is 5.02 Å². The van der Waals surface area contributed by atoms with Crippen LogP contribution in [-0.4, -0.2) is 12.4 Å². The average molecular weight is 257 g/mol. The largest absolute Gasteiger partial charge is 0.497 e. The summed E-state index contributed by atoms with van der Waals surface area (Å²) in [7, 11) is 1.58. The van der Waals surface area contributed by atoms with Crippen LogP contribution in [0.4, 0.5) is 0 Å². The second-order valence-corrected chi connectivity index (χ2v) is 3.69. The van der Waals surface area contributed by atoms with E-state index in [1.54, 1.807) is 31.4 Å². The van der Waals surface area contributed by atoms with Gasteiger partial charge >= 0.3 is 0 Å². The maximum absolute atomic E-state index is 10.4. The second kappa shape index (κ2) is 6.36. The van der Waals surface area contributed by atoms with Crippen LogP contribution in [0, 0.1) is 0 Å². The Morgan fingerprint density at radius 1 is 1.38 bits per heavy atom. The van der Waals surface area contributed by atoms with Gasteiger partial charge in [-0.15, -0.1) is 0 Å². The molecule has 4 heteroatoms. The van der Waals surface area contributed by atoms with Crippen molar-refractivity contribution in [1.29, 1.82) is 0 Å². The highest BCUT2D eigenvalue weighted by atomic mass is 35.5. The number of carbonyl (C=O) groups is 1. The molecule has 0 unspecified atom stereocenters. The van der Waals surface area contributed by atoms with Gasteiger partial charge in [-0.25, -0.2) is 0 Å². The van der Waals surface area contributed by atoms with Crippen molar-refractivity contribution in [3.8, 4) is 5.75 Å². The number of allylic oxidation sites excluding steroid dienone is 3. The van der Waals surface area contributed by atoms with Crippen molar-refractivity contribution in [2.45, 2.75) is 0 Å². The molecular weight excluding hydrogens is 247 g/mol. The summed E-state index contributed by atoms with van der Waals surface area (Å²) in [5.74, 6) is 0.702. The highest BCUT2D eigenvalue weighted by Crippen LogP contribution is 2.23. The number of carbonyl (C=O) groups excluding carboxylic acids is 1. The fraction of sp³-hybridized carbons (Fsp3) is 0.0833. The molecule has 0 N–H and O–H groups in total. The Morgan fingerprint density at radius 3 is 2.69 bits per heavy atom. The summed E-state index contributed by atoms with van der Waals surface area (Å²) in [6, 6.07) is 5.35. The molecule has 0 bridgehead atoms. The Morgan fingerprint density at radius 2 is 2.12 bits per heavy atom. The summed E-state index contributed by atoms with van der Waals surface area (Å²) in [6.45, 7) is 0. The average Bonchev–Trinajstić information content (AvgIpc) is 2.25. The number of benzene rings is 1. The van der Waals surface area contributed by atoms with Crippen molar-refractivity contribution in [3.63, 3.8) is 0 Å². The van der Waals surface area contributed by atoms with E-state index in [4.69, 9.17) is 27.9 Å². The van der Waals surface area contributed by atoms with E-state index in [-0.39, 0.29) is 0 Å². The Kier molecular flexibility index (Phi) is 5.09. The van der Waals surface area contributed by atoms with Gasteiger partial charge in [0, 0.05) is 0 Å². The van der Waals surface area contributed by atoms with Gasteiger partial charge in [-0.3, -0.25) is 4.79 Å². The molecule has 0 saturated heterocycles. The first-order chi connectivity index (χ1) is 7.63. The summed E-state index contributed by atoms with van der Waals surface area (Å²) in [5.41, 5.74) is 0.842. The van der Waals surface area contributed by atoms with E-state index >= 15 is 0 Å². The van der Waals surface area contributed by atoms with Gasteiger partial charge in [-0.05, 0) is 41.4 Å². The topological polar surface area (TPSA) is 26.3 Å². The molecule has 0 aliphatic rings. The van der Waals surface area contributed by atoms with Crippen molar-refractivity contribution < 1.29 is 9.53 Å². The molecule has 0 aromatic heterocycles. The summed E-state index contributed by atoms with van der Waals surface area (Å²) in [6.07, 6.45) is 6.28. The molecule has 1 aromatic rings. The maximum atomic E-state index is 10.4. The Hall–Kier alpha value is -1.25. The maximum Gasteiger partial charge on any atom is 0.245 e. The van der Waals surface area contributed by atoms with Crippen molar-refractivity contribution >= 4 is 34.5 Å². The lowest BCUT2D eigenvalue weighted by molar-refractivity contribution is -0.107. The first kappa shape index (κ1) is 12.8. The molecule has 0 radical (unpaired) electrons. The van der Waals surface area contributed by atoms with E-state index in [1.165, 1.54) is 6.08 Å². The third kappa shape index (κ3) is 4.09. The molecule has 2 nitrogen and oxygen atoms in total. The van der Waals surface area contributed by atoms with Gasteiger partial charge in [0.2, 0.25) is 5.24 Å². The quantitative estimate of drug-likeness (QED) is 0.467. The van der Waals surface area contributed by atoms with E-state index in [9.17, 15) is 4.79 Å². The number of rotatable bonds is 4. The lowest BCUT2D eigenvalue weighted by Gasteiger charge is -2.02. The minimum absolute atomic E-state index is 0.509. The Labute approximate surface area is 104 Å². The predicted octanol–water partition coefficient (Wildman–Crippen LogP) is 3.68. The summed E-state index contributed by atoms with van der Waals surface area (Å²) < 4.78 is 5.02. The SMILES string of the molecule is COc1ccc(/C=C/C=C/C(=O)Cl)c(Cl)c1. The van der Waals surface area contributed by atoms with Crippen LogP contribution in [0.1, 0.15) is 5.56 Å². The monoisotopic (exact) mass is 256 g/mol. The first-order valence-corrected chi connectivity index (χ1v) is 5.27. The zero-order chi connectivity index (χ0) is 12.0. The molecule has 0 heterocycles. The Bertz CT molecular complexity index is 437. The molecule has 84 valence electrons. The van der Waals surface area contributed by atoms with Gasteiger partial charge in [0.25, 0.3) is 0 Å². The van der Waals surface area contributed by atoms with E-state index in [2.05, 4.69) is 0 Å². The predicted molar refractivity (Wildman–Crippen MR) is 67.0 cm³/mol. The minimum atomic E-state index is -0.509. The summed E-state index contributed by atoms with van der Waals surface area (Å²) >= 11 is 11.1. The minimum Gasteiger partial charge on any atom is -0.497 e. The van der Waals surface area contributed by atoms with E-state index < -0.39 is 5.24 Å². The molecule has 0 saturated carbocycles. The lowest BCUT2D eigenvalue weighted by Crippen LogP contribution is -1.83. The summed E-state index contributed by atoms with van der Waals surface area (Å²) in [4.78, 5) is 10.4. The number of ether oxygens (including phenoxy) is 1. The third-order valence-corrected chi connectivity index (χ3v) is 2.28. The summed E-state index contributed by atoms with van der Waals surface area (Å²) in [5, 5.41) is 0.0756. The van der Waals surface area contributed by atoms with Crippen molar-refractivity contribution in [1.82, 2.24) is 0 Å². The van der Waals surface area contributed by atoms with Crippen LogP contribution < -0.4 is 4.74 Å². The molecular formula is C12H10Cl2O2. The van der Waals surface area contributed by atoms with Crippen LogP contribution in [0.25, 0.3) is 6.08 Å². The zero-order valence-electron chi connectivity index (χ0n) is 8.61. The highest BCUT2D eigenvalue weighted by molar-refractivity contribution is 6.66. The molecule has 1 rings (SSSR count). The lowest BCUT2D eigenvalue weighted by atomic mass is 10.2. The molecule has 16 heavy (non-hydrogen) atoms. The molecule has 0 aliphatic heterocycles. The van der Waals surface area contributed by atoms with E-state index in [0.29, 0.717) is 10.8 Å².